The van der Waals surface area contributed by atoms with Gasteiger partial charge < -0.3 is 15.8 Å². The number of nitrogen functional groups attached to an aromatic ring is 1. The largest absolute Gasteiger partial charge is 0.482 e. The molecule has 2 heterocycles. The van der Waals surface area contributed by atoms with E-state index in [1.165, 1.54) is 19.3 Å². The number of unbranched alkanes of at least 4 members (excludes halogenated alkanes) is 2. The van der Waals surface area contributed by atoms with E-state index in [1.54, 1.807) is 6.20 Å². The van der Waals surface area contributed by atoms with Crippen molar-refractivity contribution in [3.63, 3.8) is 0 Å². The predicted octanol–water partition coefficient (Wildman–Crippen LogP) is 4.57. The fraction of sp³-hybridized carbons (Fsp3) is 0.381. The maximum Gasteiger partial charge on any atom is 0.222 e. The van der Waals surface area contributed by atoms with Crippen LogP contribution in [0.4, 0.5) is 11.8 Å². The van der Waals surface area contributed by atoms with Gasteiger partial charge in [0.1, 0.15) is 6.61 Å². The number of hydrogen-bond donors (Lipinski definition) is 2. The molecule has 1 unspecified atom stereocenters. The number of anilines is 2. The van der Waals surface area contributed by atoms with E-state index < -0.39 is 0 Å². The molecule has 0 amide bonds. The molecule has 0 aliphatic rings. The molecule has 2 aromatic heterocycles. The molecule has 3 aromatic rings. The number of fused-ring (bicyclic) bond motifs is 1. The van der Waals surface area contributed by atoms with Gasteiger partial charge in [-0.2, -0.15) is 4.98 Å². The van der Waals surface area contributed by atoms with Gasteiger partial charge in [0.15, 0.2) is 11.6 Å². The molecule has 27 heavy (non-hydrogen) atoms. The van der Waals surface area contributed by atoms with E-state index in [9.17, 15) is 0 Å². The van der Waals surface area contributed by atoms with Crippen LogP contribution in [-0.2, 0) is 6.61 Å². The third-order valence-electron chi connectivity index (χ3n) is 4.43. The van der Waals surface area contributed by atoms with Crippen LogP contribution in [0.15, 0.2) is 42.6 Å². The molecule has 0 radical (unpaired) electrons. The molecule has 3 N–H and O–H groups in total. The van der Waals surface area contributed by atoms with Gasteiger partial charge in [0.2, 0.25) is 5.95 Å². The summed E-state index contributed by atoms with van der Waals surface area (Å²) in [7, 11) is 0. The minimum absolute atomic E-state index is 0.231. The number of nitrogens with two attached hydrogens (primary N) is 1. The zero-order chi connectivity index (χ0) is 19.1. The highest BCUT2D eigenvalue weighted by atomic mass is 16.5. The molecule has 0 spiro atoms. The average molecular weight is 365 g/mol. The first kappa shape index (κ1) is 18.9. The number of ether oxygens (including phenoxy) is 1. The van der Waals surface area contributed by atoms with Gasteiger partial charge in [-0.3, -0.25) is 0 Å². The van der Waals surface area contributed by atoms with Gasteiger partial charge in [0, 0.05) is 11.4 Å². The van der Waals surface area contributed by atoms with Gasteiger partial charge >= 0.3 is 0 Å². The van der Waals surface area contributed by atoms with Crippen molar-refractivity contribution in [2.45, 2.75) is 52.2 Å². The highest BCUT2D eigenvalue weighted by Crippen LogP contribution is 2.24. The van der Waals surface area contributed by atoms with Crippen LogP contribution in [0.3, 0.4) is 0 Å². The molecule has 0 saturated carbocycles. The average Bonchev–Trinajstić information content (AvgIpc) is 2.67. The van der Waals surface area contributed by atoms with Gasteiger partial charge in [-0.15, -0.1) is 0 Å². The fourth-order valence-electron chi connectivity index (χ4n) is 2.94. The van der Waals surface area contributed by atoms with E-state index in [0.29, 0.717) is 18.2 Å². The quantitative estimate of drug-likeness (QED) is 0.540. The first-order valence-corrected chi connectivity index (χ1v) is 9.52. The summed E-state index contributed by atoms with van der Waals surface area (Å²) in [6, 6.07) is 12.3. The summed E-state index contributed by atoms with van der Waals surface area (Å²) in [5.74, 6) is 1.45. The van der Waals surface area contributed by atoms with Crippen molar-refractivity contribution in [3.8, 4) is 5.75 Å². The lowest BCUT2D eigenvalue weighted by Crippen LogP contribution is -2.17. The van der Waals surface area contributed by atoms with Crippen molar-refractivity contribution in [3.05, 3.63) is 48.3 Å². The number of nitrogens with zero attached hydrogens (tertiary/aromatic N) is 3. The Labute approximate surface area is 160 Å². The Hall–Kier alpha value is -2.89. The molecule has 0 bridgehead atoms. The number of pyridine rings is 1. The van der Waals surface area contributed by atoms with Gasteiger partial charge in [-0.25, -0.2) is 9.97 Å². The molecular weight excluding hydrogens is 338 g/mol. The molecule has 6 nitrogen and oxygen atoms in total. The number of nitrogens with one attached hydrogen (secondary N) is 1. The summed E-state index contributed by atoms with van der Waals surface area (Å²) in [5.41, 5.74) is 7.57. The summed E-state index contributed by atoms with van der Waals surface area (Å²) in [6.07, 6.45) is 6.31. The zero-order valence-electron chi connectivity index (χ0n) is 16.0. The Kier molecular flexibility index (Phi) is 6.41. The number of aromatic nitrogens is 3. The lowest BCUT2D eigenvalue weighted by molar-refractivity contribution is 0.300. The van der Waals surface area contributed by atoms with E-state index in [4.69, 9.17) is 10.5 Å². The van der Waals surface area contributed by atoms with E-state index >= 15 is 0 Å². The smallest absolute Gasteiger partial charge is 0.222 e. The molecule has 0 aliphatic heterocycles. The summed E-state index contributed by atoms with van der Waals surface area (Å²) in [6.45, 7) is 4.69. The monoisotopic (exact) mass is 365 g/mol. The van der Waals surface area contributed by atoms with Crippen molar-refractivity contribution >= 4 is 22.7 Å². The maximum atomic E-state index is 5.95. The minimum Gasteiger partial charge on any atom is -0.482 e. The molecule has 0 fully saturated rings. The minimum atomic E-state index is 0.231. The van der Waals surface area contributed by atoms with Crippen LogP contribution >= 0.6 is 0 Å². The third kappa shape index (κ3) is 5.29. The molecule has 0 aliphatic carbocycles. The van der Waals surface area contributed by atoms with Gasteiger partial charge in [0.25, 0.3) is 0 Å². The third-order valence-corrected chi connectivity index (χ3v) is 4.43. The van der Waals surface area contributed by atoms with Crippen molar-refractivity contribution < 1.29 is 4.74 Å². The zero-order valence-corrected chi connectivity index (χ0v) is 16.0. The Bertz CT molecular complexity index is 883. The van der Waals surface area contributed by atoms with E-state index in [1.807, 2.05) is 30.3 Å². The first-order valence-electron chi connectivity index (χ1n) is 9.52. The second-order valence-electron chi connectivity index (χ2n) is 6.77. The van der Waals surface area contributed by atoms with E-state index in [0.717, 1.165) is 23.0 Å². The normalized spacial score (nSPS) is 12.1. The molecule has 6 heteroatoms. The summed E-state index contributed by atoms with van der Waals surface area (Å²) >= 11 is 0. The summed E-state index contributed by atoms with van der Waals surface area (Å²) in [5, 5.41) is 4.51. The summed E-state index contributed by atoms with van der Waals surface area (Å²) < 4.78 is 5.95. The highest BCUT2D eigenvalue weighted by molar-refractivity contribution is 5.78. The first-order chi connectivity index (χ1) is 13.2. The van der Waals surface area contributed by atoms with E-state index in [2.05, 4.69) is 40.2 Å². The number of benzene rings is 1. The molecule has 1 aromatic carbocycles. The Morgan fingerprint density at radius 3 is 2.81 bits per heavy atom. The van der Waals surface area contributed by atoms with Crippen molar-refractivity contribution in [1.29, 1.82) is 0 Å². The van der Waals surface area contributed by atoms with Crippen LogP contribution < -0.4 is 15.8 Å². The number of rotatable bonds is 9. The van der Waals surface area contributed by atoms with Crippen LogP contribution in [0, 0.1) is 0 Å². The second kappa shape index (κ2) is 9.16. The predicted molar refractivity (Wildman–Crippen MR) is 110 cm³/mol. The van der Waals surface area contributed by atoms with Crippen molar-refractivity contribution in [2.24, 2.45) is 0 Å². The SMILES string of the molecule is CCCCCC(C)Nc1nc(N)ncc1OCc1ccc2ccccc2n1. The second-order valence-corrected chi connectivity index (χ2v) is 6.77. The Balaban J connectivity index is 1.68. The Morgan fingerprint density at radius 1 is 1.11 bits per heavy atom. The highest BCUT2D eigenvalue weighted by Gasteiger charge is 2.11. The van der Waals surface area contributed by atoms with Gasteiger partial charge in [-0.1, -0.05) is 50.5 Å². The van der Waals surface area contributed by atoms with Crippen molar-refractivity contribution in [1.82, 2.24) is 15.0 Å². The van der Waals surface area contributed by atoms with Crippen LogP contribution in [-0.4, -0.2) is 21.0 Å². The van der Waals surface area contributed by atoms with Crippen LogP contribution in [0.2, 0.25) is 0 Å². The standard InChI is InChI=1S/C21H27N5O/c1-3-4-5-8-15(2)24-20-19(13-23-21(22)26-20)27-14-17-12-11-16-9-6-7-10-18(16)25-17/h6-7,9-13,15H,3-5,8,14H2,1-2H3,(H3,22,23,24,26). The molecule has 1 atom stereocenters. The van der Waals surface area contributed by atoms with Crippen LogP contribution in [0.1, 0.15) is 45.2 Å². The van der Waals surface area contributed by atoms with E-state index in [-0.39, 0.29) is 12.0 Å². The summed E-state index contributed by atoms with van der Waals surface area (Å²) in [4.78, 5) is 13.0. The molecule has 3 rings (SSSR count). The van der Waals surface area contributed by atoms with Crippen molar-refractivity contribution in [2.75, 3.05) is 11.1 Å². The topological polar surface area (TPSA) is 86.0 Å². The number of para-hydroxylation sites is 1. The van der Waals surface area contributed by atoms with Gasteiger partial charge in [0.05, 0.1) is 17.4 Å². The molecule has 0 saturated heterocycles. The van der Waals surface area contributed by atoms with Gasteiger partial charge in [-0.05, 0) is 25.5 Å². The number of hydrogen-bond acceptors (Lipinski definition) is 6. The molecule has 142 valence electrons. The maximum absolute atomic E-state index is 5.95. The lowest BCUT2D eigenvalue weighted by Gasteiger charge is -2.17. The van der Waals surface area contributed by atoms with Crippen LogP contribution in [0.25, 0.3) is 10.9 Å². The molecular formula is C21H27N5O. The Morgan fingerprint density at radius 2 is 1.96 bits per heavy atom. The lowest BCUT2D eigenvalue weighted by atomic mass is 10.1. The van der Waals surface area contributed by atoms with Crippen LogP contribution in [0.5, 0.6) is 5.75 Å². The fourth-order valence-corrected chi connectivity index (χ4v) is 2.94.